The second kappa shape index (κ2) is 8.80. The van der Waals surface area contributed by atoms with E-state index in [1.54, 1.807) is 18.2 Å². The van der Waals surface area contributed by atoms with Crippen LogP contribution < -0.4 is 0 Å². The first-order valence-electron chi connectivity index (χ1n) is 9.63. The number of nitrogens with zero attached hydrogens (tertiary/aromatic N) is 1. The van der Waals surface area contributed by atoms with Crippen molar-refractivity contribution in [3.05, 3.63) is 104 Å². The summed E-state index contributed by atoms with van der Waals surface area (Å²) in [6.45, 7) is 0.958. The van der Waals surface area contributed by atoms with Gasteiger partial charge in [-0.25, -0.2) is 0 Å². The smallest absolute Gasteiger partial charge is 0.233 e. The Bertz CT molecular complexity index is 1050. The minimum Gasteiger partial charge on any atom is -0.337 e. The Morgan fingerprint density at radius 3 is 1.83 bits per heavy atom. The van der Waals surface area contributed by atoms with Crippen molar-refractivity contribution < 1.29 is 4.79 Å². The van der Waals surface area contributed by atoms with Crippen molar-refractivity contribution in [3.8, 4) is 0 Å². The summed E-state index contributed by atoms with van der Waals surface area (Å²) in [6, 6.07) is 20.6. The van der Waals surface area contributed by atoms with Crippen LogP contribution in [0.4, 0.5) is 0 Å². The Balaban J connectivity index is 1.74. The van der Waals surface area contributed by atoms with Crippen molar-refractivity contribution in [2.45, 2.75) is 24.8 Å². The third-order valence-electron chi connectivity index (χ3n) is 5.78. The molecule has 154 valence electrons. The van der Waals surface area contributed by atoms with Crippen LogP contribution in [-0.4, -0.2) is 17.4 Å². The fourth-order valence-electron chi connectivity index (χ4n) is 4.16. The van der Waals surface area contributed by atoms with Crippen LogP contribution in [0.25, 0.3) is 0 Å². The molecule has 0 radical (unpaired) electrons. The molecule has 3 aromatic carbocycles. The van der Waals surface area contributed by atoms with Gasteiger partial charge in [0.2, 0.25) is 5.91 Å². The van der Waals surface area contributed by atoms with Crippen LogP contribution in [0, 0.1) is 0 Å². The maximum absolute atomic E-state index is 13.8. The molecule has 0 aliphatic carbocycles. The molecule has 0 aromatic heterocycles. The fraction of sp³-hybridized carbons (Fsp3) is 0.208. The predicted molar refractivity (Wildman–Crippen MR) is 125 cm³/mol. The minimum atomic E-state index is -0.746. The molecular weight excluding hydrogens is 460 g/mol. The molecule has 30 heavy (non-hydrogen) atoms. The van der Waals surface area contributed by atoms with E-state index < -0.39 is 5.41 Å². The third-order valence-corrected chi connectivity index (χ3v) is 7.20. The third kappa shape index (κ3) is 3.94. The van der Waals surface area contributed by atoms with Crippen LogP contribution in [0.15, 0.2) is 66.7 Å². The molecule has 0 N–H and O–H groups in total. The number of carbonyl (C=O) groups excluding carboxylic acids is 1. The number of rotatable bonds is 5. The minimum absolute atomic E-state index is 0.0284. The van der Waals surface area contributed by atoms with Gasteiger partial charge in [0.15, 0.2) is 0 Å². The van der Waals surface area contributed by atoms with E-state index in [1.165, 1.54) is 0 Å². The molecule has 4 rings (SSSR count). The summed E-state index contributed by atoms with van der Waals surface area (Å²) >= 11 is 25.7. The average molecular weight is 479 g/mol. The van der Waals surface area contributed by atoms with Gasteiger partial charge in [0, 0.05) is 38.7 Å². The lowest BCUT2D eigenvalue weighted by atomic mass is 9.74. The van der Waals surface area contributed by atoms with E-state index in [2.05, 4.69) is 0 Å². The maximum atomic E-state index is 13.8. The molecule has 1 fully saturated rings. The molecular formula is C24H19Cl4NO. The number of hydrogen-bond acceptors (Lipinski definition) is 1. The van der Waals surface area contributed by atoms with Gasteiger partial charge in [-0.3, -0.25) is 4.79 Å². The molecule has 0 bridgehead atoms. The quantitative estimate of drug-likeness (QED) is 0.379. The summed E-state index contributed by atoms with van der Waals surface area (Å²) < 4.78 is 0. The van der Waals surface area contributed by atoms with Crippen molar-refractivity contribution in [1.82, 2.24) is 4.90 Å². The van der Waals surface area contributed by atoms with Crippen LogP contribution in [0.2, 0.25) is 20.1 Å². The maximum Gasteiger partial charge on any atom is 0.233 e. The summed E-state index contributed by atoms with van der Waals surface area (Å²) in [5, 5.41) is 2.25. The molecule has 3 aromatic rings. The Kier molecular flexibility index (Phi) is 6.31. The number of amides is 1. The van der Waals surface area contributed by atoms with Crippen LogP contribution in [0.5, 0.6) is 0 Å². The van der Waals surface area contributed by atoms with E-state index in [0.29, 0.717) is 46.0 Å². The van der Waals surface area contributed by atoms with E-state index in [1.807, 2.05) is 53.4 Å². The van der Waals surface area contributed by atoms with Gasteiger partial charge in [-0.15, -0.1) is 0 Å². The van der Waals surface area contributed by atoms with Gasteiger partial charge in [0.05, 0.1) is 5.41 Å². The predicted octanol–water partition coefficient (Wildman–Crippen LogP) is 7.21. The Hall–Kier alpha value is -1.71. The summed E-state index contributed by atoms with van der Waals surface area (Å²) in [7, 11) is 0. The lowest BCUT2D eigenvalue weighted by Crippen LogP contribution is -2.39. The highest BCUT2D eigenvalue weighted by Gasteiger charge is 2.48. The summed E-state index contributed by atoms with van der Waals surface area (Å²) in [6.07, 6.45) is 1.08. The highest BCUT2D eigenvalue weighted by Crippen LogP contribution is 2.43. The number of carbonyl (C=O) groups is 1. The molecule has 1 saturated heterocycles. The molecule has 1 amide bonds. The zero-order valence-corrected chi connectivity index (χ0v) is 19.1. The molecule has 1 aliphatic heterocycles. The first kappa shape index (κ1) is 21.5. The van der Waals surface area contributed by atoms with E-state index in [4.69, 9.17) is 46.4 Å². The zero-order valence-electron chi connectivity index (χ0n) is 16.0. The van der Waals surface area contributed by atoms with Crippen molar-refractivity contribution in [2.24, 2.45) is 0 Å². The first-order chi connectivity index (χ1) is 14.4. The van der Waals surface area contributed by atoms with E-state index >= 15 is 0 Å². The van der Waals surface area contributed by atoms with Gasteiger partial charge in [0.1, 0.15) is 0 Å². The van der Waals surface area contributed by atoms with Gasteiger partial charge < -0.3 is 4.90 Å². The van der Waals surface area contributed by atoms with Gasteiger partial charge in [-0.05, 0) is 48.2 Å². The highest BCUT2D eigenvalue weighted by atomic mass is 35.5. The first-order valence-corrected chi connectivity index (χ1v) is 11.1. The van der Waals surface area contributed by atoms with Crippen molar-refractivity contribution in [1.29, 1.82) is 0 Å². The molecule has 6 heteroatoms. The molecule has 1 atom stereocenters. The summed E-state index contributed by atoms with van der Waals surface area (Å²) in [4.78, 5) is 15.7. The van der Waals surface area contributed by atoms with Gasteiger partial charge >= 0.3 is 0 Å². The number of likely N-dealkylation sites (tertiary alicyclic amines) is 1. The lowest BCUT2D eigenvalue weighted by molar-refractivity contribution is -0.133. The summed E-state index contributed by atoms with van der Waals surface area (Å²) in [5.41, 5.74) is 1.76. The largest absolute Gasteiger partial charge is 0.337 e. The van der Waals surface area contributed by atoms with E-state index in [-0.39, 0.29) is 5.91 Å². The molecule has 0 spiro atoms. The Labute approximate surface area is 196 Å². The second-order valence-electron chi connectivity index (χ2n) is 7.50. The van der Waals surface area contributed by atoms with E-state index in [9.17, 15) is 4.79 Å². The molecule has 1 heterocycles. The van der Waals surface area contributed by atoms with Crippen LogP contribution in [0.3, 0.4) is 0 Å². The Morgan fingerprint density at radius 2 is 1.27 bits per heavy atom. The van der Waals surface area contributed by atoms with Crippen molar-refractivity contribution in [3.63, 3.8) is 0 Å². The molecule has 2 nitrogen and oxygen atoms in total. The van der Waals surface area contributed by atoms with Crippen molar-refractivity contribution in [2.75, 3.05) is 6.54 Å². The van der Waals surface area contributed by atoms with Crippen LogP contribution in [-0.2, 0) is 23.2 Å². The second-order valence-corrected chi connectivity index (χ2v) is 9.13. The van der Waals surface area contributed by atoms with Crippen LogP contribution >= 0.6 is 46.4 Å². The number of benzene rings is 3. The zero-order chi connectivity index (χ0) is 21.3. The monoisotopic (exact) mass is 477 g/mol. The normalized spacial score (nSPS) is 18.8. The Morgan fingerprint density at radius 1 is 0.733 bits per heavy atom. The number of hydrogen-bond donors (Lipinski definition) is 0. The fourth-order valence-corrected chi connectivity index (χ4v) is 5.20. The molecule has 1 unspecified atom stereocenters. The lowest BCUT2D eigenvalue weighted by Gasteiger charge is -2.30. The highest BCUT2D eigenvalue weighted by molar-refractivity contribution is 6.36. The van der Waals surface area contributed by atoms with Crippen LogP contribution in [0.1, 0.15) is 23.1 Å². The van der Waals surface area contributed by atoms with E-state index in [0.717, 1.165) is 16.7 Å². The summed E-state index contributed by atoms with van der Waals surface area (Å²) in [5.74, 6) is 0.0284. The number of halogens is 4. The van der Waals surface area contributed by atoms with Gasteiger partial charge in [0.25, 0.3) is 0 Å². The SMILES string of the molecule is O=C1N(Cc2c(Cl)cccc2Cl)CCC1(Cc1c(Cl)cccc1Cl)c1ccccc1. The van der Waals surface area contributed by atoms with Gasteiger partial charge in [-0.2, -0.15) is 0 Å². The van der Waals surface area contributed by atoms with Crippen molar-refractivity contribution >= 4 is 52.3 Å². The molecule has 1 aliphatic rings. The molecule has 0 saturated carbocycles. The standard InChI is InChI=1S/C24H19Cl4NO/c25-19-8-4-9-20(26)17(19)14-24(16-6-2-1-3-7-16)12-13-29(23(24)30)15-18-21(27)10-5-11-22(18)28/h1-11H,12-15H2. The topological polar surface area (TPSA) is 20.3 Å². The average Bonchev–Trinajstić information content (AvgIpc) is 3.05. The van der Waals surface area contributed by atoms with Gasteiger partial charge in [-0.1, -0.05) is 88.9 Å².